The number of unbranched alkanes of at least 4 members (excludes halogenated alkanes) is 3. The second-order valence-corrected chi connectivity index (χ2v) is 7.60. The van der Waals surface area contributed by atoms with Crippen LogP contribution in [0, 0.1) is 6.92 Å². The molecular weight excluding hydrogens is 338 g/mol. The molecule has 26 heavy (non-hydrogen) atoms. The molecule has 3 nitrogen and oxygen atoms in total. The van der Waals surface area contributed by atoms with Crippen LogP contribution in [0.15, 0.2) is 59.8 Å². The second-order valence-electron chi connectivity index (χ2n) is 6.66. The Morgan fingerprint density at radius 3 is 2.54 bits per heavy atom. The molecule has 2 aromatic carbocycles. The fourth-order valence-corrected chi connectivity index (χ4v) is 3.94. The Hall–Kier alpha value is -2.07. The highest BCUT2D eigenvalue weighted by Gasteiger charge is 2.14. The van der Waals surface area contributed by atoms with Gasteiger partial charge in [-0.25, -0.2) is 0 Å². The summed E-state index contributed by atoms with van der Waals surface area (Å²) in [5.41, 5.74) is 3.73. The van der Waals surface area contributed by atoms with E-state index in [0.717, 1.165) is 28.8 Å². The van der Waals surface area contributed by atoms with Gasteiger partial charge in [0.1, 0.15) is 5.82 Å². The number of hydrogen-bond donors (Lipinski definition) is 0. The molecule has 0 saturated heterocycles. The molecular formula is C22H27N3S. The Kier molecular flexibility index (Phi) is 6.89. The van der Waals surface area contributed by atoms with Gasteiger partial charge in [0.15, 0.2) is 5.16 Å². The van der Waals surface area contributed by atoms with Crippen molar-refractivity contribution in [2.75, 3.05) is 0 Å². The van der Waals surface area contributed by atoms with Crippen molar-refractivity contribution in [3.8, 4) is 5.69 Å². The van der Waals surface area contributed by atoms with Crippen LogP contribution in [0.3, 0.4) is 0 Å². The van der Waals surface area contributed by atoms with Gasteiger partial charge in [-0.3, -0.25) is 4.57 Å². The average molecular weight is 366 g/mol. The van der Waals surface area contributed by atoms with Crippen LogP contribution in [0.4, 0.5) is 0 Å². The lowest BCUT2D eigenvalue weighted by atomic mass is 10.1. The van der Waals surface area contributed by atoms with Gasteiger partial charge in [-0.1, -0.05) is 80.4 Å². The van der Waals surface area contributed by atoms with Crippen LogP contribution in [-0.4, -0.2) is 14.8 Å². The normalized spacial score (nSPS) is 11.0. The fourth-order valence-electron chi connectivity index (χ4n) is 3.01. The molecule has 0 atom stereocenters. The summed E-state index contributed by atoms with van der Waals surface area (Å²) in [5.74, 6) is 1.97. The van der Waals surface area contributed by atoms with Crippen molar-refractivity contribution >= 4 is 11.8 Å². The highest BCUT2D eigenvalue weighted by molar-refractivity contribution is 7.98. The Morgan fingerprint density at radius 1 is 0.923 bits per heavy atom. The summed E-state index contributed by atoms with van der Waals surface area (Å²) in [6, 6.07) is 19.1. The highest BCUT2D eigenvalue weighted by Crippen LogP contribution is 2.26. The zero-order valence-electron chi connectivity index (χ0n) is 15.7. The predicted molar refractivity (Wildman–Crippen MR) is 110 cm³/mol. The van der Waals surface area contributed by atoms with Crippen LogP contribution in [-0.2, 0) is 12.2 Å². The summed E-state index contributed by atoms with van der Waals surface area (Å²) in [6.45, 7) is 4.37. The first-order valence-electron chi connectivity index (χ1n) is 9.46. The van der Waals surface area contributed by atoms with Crippen LogP contribution >= 0.6 is 11.8 Å². The minimum absolute atomic E-state index is 0.903. The van der Waals surface area contributed by atoms with Crippen LogP contribution < -0.4 is 0 Å². The Morgan fingerprint density at radius 2 is 1.77 bits per heavy atom. The third-order valence-electron chi connectivity index (χ3n) is 4.42. The smallest absolute Gasteiger partial charge is 0.196 e. The summed E-state index contributed by atoms with van der Waals surface area (Å²) < 4.78 is 2.24. The van der Waals surface area contributed by atoms with Crippen molar-refractivity contribution in [3.63, 3.8) is 0 Å². The molecule has 0 unspecified atom stereocenters. The van der Waals surface area contributed by atoms with Crippen LogP contribution in [0.1, 0.15) is 49.6 Å². The summed E-state index contributed by atoms with van der Waals surface area (Å²) in [7, 11) is 0. The van der Waals surface area contributed by atoms with Gasteiger partial charge in [-0.05, 0) is 36.6 Å². The van der Waals surface area contributed by atoms with Crippen molar-refractivity contribution in [2.45, 2.75) is 56.9 Å². The predicted octanol–water partition coefficient (Wildman–Crippen LogP) is 5.99. The first-order valence-corrected chi connectivity index (χ1v) is 10.4. The van der Waals surface area contributed by atoms with E-state index in [0.29, 0.717) is 0 Å². The molecule has 0 bridgehead atoms. The average Bonchev–Trinajstić information content (AvgIpc) is 3.07. The van der Waals surface area contributed by atoms with Gasteiger partial charge in [-0.2, -0.15) is 0 Å². The standard InChI is InChI=1S/C22H27N3S/c1-3-4-5-9-15-21-23-24-22(26-17-19-12-7-6-8-13-19)25(21)20-14-10-11-18(2)16-20/h6-8,10-14,16H,3-5,9,15,17H2,1-2H3. The third-order valence-corrected chi connectivity index (χ3v) is 5.43. The van der Waals surface area contributed by atoms with Gasteiger partial charge >= 0.3 is 0 Å². The maximum Gasteiger partial charge on any atom is 0.196 e. The molecule has 0 aliphatic rings. The van der Waals surface area contributed by atoms with Gasteiger partial charge in [0.2, 0.25) is 0 Å². The number of hydrogen-bond acceptors (Lipinski definition) is 3. The Balaban J connectivity index is 1.82. The van der Waals surface area contributed by atoms with E-state index in [1.165, 1.54) is 36.8 Å². The van der Waals surface area contributed by atoms with Crippen LogP contribution in [0.25, 0.3) is 5.69 Å². The quantitative estimate of drug-likeness (QED) is 0.345. The minimum Gasteiger partial charge on any atom is -0.274 e. The second kappa shape index (κ2) is 9.58. The van der Waals surface area contributed by atoms with Crippen molar-refractivity contribution in [1.29, 1.82) is 0 Å². The van der Waals surface area contributed by atoms with Gasteiger partial charge in [-0.15, -0.1) is 10.2 Å². The lowest BCUT2D eigenvalue weighted by molar-refractivity contribution is 0.644. The number of benzene rings is 2. The number of rotatable bonds is 9. The van der Waals surface area contributed by atoms with Crippen molar-refractivity contribution < 1.29 is 0 Å². The van der Waals surface area contributed by atoms with E-state index in [9.17, 15) is 0 Å². The number of aryl methyl sites for hydroxylation is 2. The van der Waals surface area contributed by atoms with E-state index in [2.05, 4.69) is 83.2 Å². The summed E-state index contributed by atoms with van der Waals surface area (Å²) in [6.07, 6.45) is 5.94. The molecule has 4 heteroatoms. The Labute approximate surface area is 160 Å². The monoisotopic (exact) mass is 365 g/mol. The van der Waals surface area contributed by atoms with Crippen molar-refractivity contribution in [3.05, 3.63) is 71.5 Å². The molecule has 136 valence electrons. The lowest BCUT2D eigenvalue weighted by Crippen LogP contribution is -2.03. The highest BCUT2D eigenvalue weighted by atomic mass is 32.2. The summed E-state index contributed by atoms with van der Waals surface area (Å²) >= 11 is 1.75. The molecule has 0 radical (unpaired) electrons. The number of aromatic nitrogens is 3. The topological polar surface area (TPSA) is 30.7 Å². The van der Waals surface area contributed by atoms with E-state index in [1.807, 2.05) is 0 Å². The summed E-state index contributed by atoms with van der Waals surface area (Å²) in [4.78, 5) is 0. The van der Waals surface area contributed by atoms with Crippen molar-refractivity contribution in [2.24, 2.45) is 0 Å². The molecule has 0 fully saturated rings. The molecule has 3 rings (SSSR count). The Bertz CT molecular complexity index is 811. The zero-order chi connectivity index (χ0) is 18.2. The largest absolute Gasteiger partial charge is 0.274 e. The van der Waals surface area contributed by atoms with E-state index in [4.69, 9.17) is 0 Å². The van der Waals surface area contributed by atoms with Gasteiger partial charge < -0.3 is 0 Å². The molecule has 0 aliphatic carbocycles. The summed E-state index contributed by atoms with van der Waals surface area (Å²) in [5, 5.41) is 10.0. The minimum atomic E-state index is 0.903. The maximum absolute atomic E-state index is 4.52. The molecule has 1 aromatic heterocycles. The lowest BCUT2D eigenvalue weighted by Gasteiger charge is -2.11. The fraction of sp³-hybridized carbons (Fsp3) is 0.364. The molecule has 0 saturated carbocycles. The molecule has 1 heterocycles. The molecule has 0 spiro atoms. The number of nitrogens with zero attached hydrogens (tertiary/aromatic N) is 3. The first kappa shape index (κ1) is 18.7. The third kappa shape index (κ3) is 4.98. The number of thioether (sulfide) groups is 1. The molecule has 0 amide bonds. The molecule has 0 aliphatic heterocycles. The maximum atomic E-state index is 4.52. The first-order chi connectivity index (χ1) is 12.8. The molecule has 3 aromatic rings. The van der Waals surface area contributed by atoms with Gasteiger partial charge in [0.25, 0.3) is 0 Å². The zero-order valence-corrected chi connectivity index (χ0v) is 16.5. The van der Waals surface area contributed by atoms with Gasteiger partial charge in [0, 0.05) is 17.9 Å². The van der Waals surface area contributed by atoms with E-state index >= 15 is 0 Å². The van der Waals surface area contributed by atoms with Crippen LogP contribution in [0.2, 0.25) is 0 Å². The van der Waals surface area contributed by atoms with Crippen molar-refractivity contribution in [1.82, 2.24) is 14.8 Å². The molecule has 0 N–H and O–H groups in total. The van der Waals surface area contributed by atoms with Crippen LogP contribution in [0.5, 0.6) is 0 Å². The van der Waals surface area contributed by atoms with Gasteiger partial charge in [0.05, 0.1) is 0 Å². The van der Waals surface area contributed by atoms with E-state index < -0.39 is 0 Å². The van der Waals surface area contributed by atoms with E-state index in [1.54, 1.807) is 11.8 Å². The van der Waals surface area contributed by atoms with E-state index in [-0.39, 0.29) is 0 Å². The SMILES string of the molecule is CCCCCCc1nnc(SCc2ccccc2)n1-c1cccc(C)c1.